The van der Waals surface area contributed by atoms with Crippen LogP contribution >= 0.6 is 22.6 Å². The first kappa shape index (κ1) is 11.3. The van der Waals surface area contributed by atoms with Crippen molar-refractivity contribution >= 4 is 28.7 Å². The molecule has 1 rings (SSSR count). The molecular formula is C10H12INO2. The van der Waals surface area contributed by atoms with Crippen LogP contribution in [0.25, 0.3) is 0 Å². The quantitative estimate of drug-likeness (QED) is 0.871. The molecule has 76 valence electrons. The maximum Gasteiger partial charge on any atom is 0.404 e. The molecule has 1 amide bonds. The van der Waals surface area contributed by atoms with Crippen LogP contribution in [0.3, 0.4) is 0 Å². The SMILES string of the molecule is C[C@@H](Cc1ccccc1I)OC(N)=O. The highest BCUT2D eigenvalue weighted by molar-refractivity contribution is 14.1. The molecule has 0 unspecified atom stereocenters. The number of hydrogen-bond donors (Lipinski definition) is 1. The normalized spacial score (nSPS) is 12.1. The molecule has 0 saturated carbocycles. The molecule has 0 spiro atoms. The standard InChI is InChI=1S/C10H12INO2/c1-7(14-10(12)13)6-8-4-2-3-5-9(8)11/h2-5,7H,6H2,1H3,(H2,12,13)/t7-/m0/s1. The lowest BCUT2D eigenvalue weighted by molar-refractivity contribution is 0.116. The minimum Gasteiger partial charge on any atom is -0.446 e. The van der Waals surface area contributed by atoms with Crippen molar-refractivity contribution in [2.45, 2.75) is 19.4 Å². The summed E-state index contributed by atoms with van der Waals surface area (Å²) in [6.07, 6.45) is -0.200. The first-order chi connectivity index (χ1) is 6.59. The van der Waals surface area contributed by atoms with E-state index in [-0.39, 0.29) is 6.10 Å². The lowest BCUT2D eigenvalue weighted by atomic mass is 10.1. The number of hydrogen-bond acceptors (Lipinski definition) is 2. The summed E-state index contributed by atoms with van der Waals surface area (Å²) in [5.74, 6) is 0. The van der Waals surface area contributed by atoms with Gasteiger partial charge in [-0.25, -0.2) is 4.79 Å². The molecule has 0 aliphatic rings. The second-order valence-electron chi connectivity index (χ2n) is 3.04. The topological polar surface area (TPSA) is 52.3 Å². The lowest BCUT2D eigenvalue weighted by Gasteiger charge is -2.12. The van der Waals surface area contributed by atoms with Gasteiger partial charge >= 0.3 is 6.09 Å². The Morgan fingerprint density at radius 2 is 2.21 bits per heavy atom. The zero-order valence-corrected chi connectivity index (χ0v) is 10.0. The summed E-state index contributed by atoms with van der Waals surface area (Å²) in [7, 11) is 0. The fourth-order valence-corrected chi connectivity index (χ4v) is 1.82. The second kappa shape index (κ2) is 5.19. The van der Waals surface area contributed by atoms with Crippen LogP contribution in [0.4, 0.5) is 4.79 Å². The molecule has 0 heterocycles. The minimum absolute atomic E-state index is 0.177. The Bertz CT molecular complexity index is 328. The Kier molecular flexibility index (Phi) is 4.19. The summed E-state index contributed by atoms with van der Waals surface area (Å²) in [5.41, 5.74) is 6.09. The van der Waals surface area contributed by atoms with Crippen molar-refractivity contribution in [2.24, 2.45) is 5.73 Å². The molecule has 1 aromatic carbocycles. The lowest BCUT2D eigenvalue weighted by Crippen LogP contribution is -2.22. The van der Waals surface area contributed by atoms with Crippen LogP contribution < -0.4 is 5.73 Å². The van der Waals surface area contributed by atoms with Crippen molar-refractivity contribution in [1.82, 2.24) is 0 Å². The van der Waals surface area contributed by atoms with Crippen molar-refractivity contribution in [3.63, 3.8) is 0 Å². The number of ether oxygens (including phenoxy) is 1. The van der Waals surface area contributed by atoms with Gasteiger partial charge in [-0.1, -0.05) is 18.2 Å². The zero-order valence-electron chi connectivity index (χ0n) is 7.87. The third kappa shape index (κ3) is 3.53. The monoisotopic (exact) mass is 305 g/mol. The first-order valence-electron chi connectivity index (χ1n) is 4.29. The summed E-state index contributed by atoms with van der Waals surface area (Å²) in [4.78, 5) is 10.5. The van der Waals surface area contributed by atoms with E-state index in [1.54, 1.807) is 0 Å². The number of nitrogens with two attached hydrogens (primary N) is 1. The van der Waals surface area contributed by atoms with E-state index in [1.807, 2.05) is 31.2 Å². The fraction of sp³-hybridized carbons (Fsp3) is 0.300. The van der Waals surface area contributed by atoms with E-state index in [1.165, 1.54) is 9.13 Å². The molecule has 0 fully saturated rings. The summed E-state index contributed by atoms with van der Waals surface area (Å²) in [6.45, 7) is 1.83. The molecule has 4 heteroatoms. The van der Waals surface area contributed by atoms with Gasteiger partial charge < -0.3 is 10.5 Å². The highest BCUT2D eigenvalue weighted by Crippen LogP contribution is 2.14. The number of halogens is 1. The Morgan fingerprint density at radius 3 is 2.79 bits per heavy atom. The van der Waals surface area contributed by atoms with E-state index in [0.29, 0.717) is 6.42 Å². The Hall–Kier alpha value is -0.780. The number of rotatable bonds is 3. The van der Waals surface area contributed by atoms with Gasteiger partial charge in [-0.2, -0.15) is 0 Å². The van der Waals surface area contributed by atoms with Crippen LogP contribution in [-0.4, -0.2) is 12.2 Å². The van der Waals surface area contributed by atoms with Crippen molar-refractivity contribution in [2.75, 3.05) is 0 Å². The number of carbonyl (C=O) groups excluding carboxylic acids is 1. The number of primary amides is 1. The van der Waals surface area contributed by atoms with Gasteiger partial charge in [0.25, 0.3) is 0 Å². The van der Waals surface area contributed by atoms with E-state index in [4.69, 9.17) is 10.5 Å². The van der Waals surface area contributed by atoms with E-state index >= 15 is 0 Å². The highest BCUT2D eigenvalue weighted by Gasteiger charge is 2.08. The first-order valence-corrected chi connectivity index (χ1v) is 5.37. The van der Waals surface area contributed by atoms with Crippen LogP contribution in [0.15, 0.2) is 24.3 Å². The van der Waals surface area contributed by atoms with Crippen LogP contribution in [0.2, 0.25) is 0 Å². The Labute approximate surface area is 96.8 Å². The third-order valence-corrected chi connectivity index (χ3v) is 2.83. The molecule has 1 atom stereocenters. The average molecular weight is 305 g/mol. The maximum absolute atomic E-state index is 10.5. The molecule has 0 bridgehead atoms. The van der Waals surface area contributed by atoms with E-state index in [2.05, 4.69) is 22.6 Å². The molecular weight excluding hydrogens is 293 g/mol. The minimum atomic E-state index is -0.719. The predicted octanol–water partition coefficient (Wildman–Crippen LogP) is 2.32. The average Bonchev–Trinajstić information content (AvgIpc) is 2.07. The van der Waals surface area contributed by atoms with Gasteiger partial charge in [-0.3, -0.25) is 0 Å². The molecule has 14 heavy (non-hydrogen) atoms. The summed E-state index contributed by atoms with van der Waals surface area (Å²) in [6, 6.07) is 7.98. The van der Waals surface area contributed by atoms with Crippen LogP contribution in [0, 0.1) is 3.57 Å². The number of benzene rings is 1. The Balaban J connectivity index is 2.60. The maximum atomic E-state index is 10.5. The van der Waals surface area contributed by atoms with Gasteiger partial charge in [0.15, 0.2) is 0 Å². The molecule has 1 aromatic rings. The fourth-order valence-electron chi connectivity index (χ4n) is 1.21. The molecule has 0 aromatic heterocycles. The molecule has 0 aliphatic heterocycles. The largest absolute Gasteiger partial charge is 0.446 e. The molecule has 2 N–H and O–H groups in total. The Morgan fingerprint density at radius 1 is 1.57 bits per heavy atom. The van der Waals surface area contributed by atoms with Crippen molar-refractivity contribution < 1.29 is 9.53 Å². The van der Waals surface area contributed by atoms with E-state index in [9.17, 15) is 4.79 Å². The van der Waals surface area contributed by atoms with Gasteiger partial charge in [0.2, 0.25) is 0 Å². The van der Waals surface area contributed by atoms with Gasteiger partial charge in [0.1, 0.15) is 6.10 Å². The van der Waals surface area contributed by atoms with Crippen LogP contribution in [-0.2, 0) is 11.2 Å². The predicted molar refractivity (Wildman–Crippen MR) is 63.0 cm³/mol. The van der Waals surface area contributed by atoms with Gasteiger partial charge in [0, 0.05) is 9.99 Å². The van der Waals surface area contributed by atoms with Crippen molar-refractivity contribution in [3.05, 3.63) is 33.4 Å². The van der Waals surface area contributed by atoms with E-state index in [0.717, 1.165) is 0 Å². The molecule has 0 saturated heterocycles. The van der Waals surface area contributed by atoms with Gasteiger partial charge in [0.05, 0.1) is 0 Å². The smallest absolute Gasteiger partial charge is 0.404 e. The molecule has 3 nitrogen and oxygen atoms in total. The second-order valence-corrected chi connectivity index (χ2v) is 4.21. The summed E-state index contributed by atoms with van der Waals surface area (Å²) < 4.78 is 6.02. The zero-order chi connectivity index (χ0) is 10.6. The van der Waals surface area contributed by atoms with Crippen LogP contribution in [0.1, 0.15) is 12.5 Å². The number of amides is 1. The van der Waals surface area contributed by atoms with Crippen molar-refractivity contribution in [1.29, 1.82) is 0 Å². The van der Waals surface area contributed by atoms with Crippen LogP contribution in [0.5, 0.6) is 0 Å². The number of carbonyl (C=O) groups is 1. The van der Waals surface area contributed by atoms with Crippen molar-refractivity contribution in [3.8, 4) is 0 Å². The molecule has 0 radical (unpaired) electrons. The van der Waals surface area contributed by atoms with Gasteiger partial charge in [-0.05, 0) is 41.1 Å². The third-order valence-electron chi connectivity index (χ3n) is 1.78. The highest BCUT2D eigenvalue weighted by atomic mass is 127. The van der Waals surface area contributed by atoms with Gasteiger partial charge in [-0.15, -0.1) is 0 Å². The summed E-state index contributed by atoms with van der Waals surface area (Å²) >= 11 is 2.26. The molecule has 0 aliphatic carbocycles. The van der Waals surface area contributed by atoms with E-state index < -0.39 is 6.09 Å². The summed E-state index contributed by atoms with van der Waals surface area (Å²) in [5, 5.41) is 0.